The van der Waals surface area contributed by atoms with Gasteiger partial charge in [0.15, 0.2) is 11.5 Å². The minimum atomic E-state index is -0.813. The molecule has 1 amide bonds. The molecule has 1 atom stereocenters. The Bertz CT molecular complexity index is 1060. The van der Waals surface area contributed by atoms with Gasteiger partial charge in [0.25, 0.3) is 11.7 Å². The van der Waals surface area contributed by atoms with Crippen molar-refractivity contribution in [2.75, 3.05) is 41.1 Å². The maximum atomic E-state index is 13.1. The monoisotopic (exact) mass is 469 g/mol. The summed E-state index contributed by atoms with van der Waals surface area (Å²) in [5.74, 6) is 0.276. The number of aliphatic hydroxyl groups is 1. The standard InChI is InChI=1S/C26H31NO7/c1-16(2)15-34-19-9-6-17(7-10-19)24(28)22-23(27(12-13-31-3)26(30)25(22)29)18-8-11-20(32-4)21(14-18)33-5/h6-11,14,16,23,28H,12-13,15H2,1-5H3/b24-22-. The van der Waals surface area contributed by atoms with Crippen LogP contribution < -0.4 is 14.2 Å². The predicted molar refractivity (Wildman–Crippen MR) is 127 cm³/mol. The number of amides is 1. The van der Waals surface area contributed by atoms with Gasteiger partial charge in [0.05, 0.1) is 39.0 Å². The highest BCUT2D eigenvalue weighted by molar-refractivity contribution is 6.46. The van der Waals surface area contributed by atoms with E-state index in [1.54, 1.807) is 42.5 Å². The van der Waals surface area contributed by atoms with Gasteiger partial charge in [-0.3, -0.25) is 9.59 Å². The first kappa shape index (κ1) is 25.1. The highest BCUT2D eigenvalue weighted by Gasteiger charge is 2.46. The molecule has 0 aromatic heterocycles. The van der Waals surface area contributed by atoms with Crippen molar-refractivity contribution in [3.05, 3.63) is 59.2 Å². The minimum absolute atomic E-state index is 0.00386. The molecule has 1 unspecified atom stereocenters. The quantitative estimate of drug-likeness (QED) is 0.321. The maximum Gasteiger partial charge on any atom is 0.295 e. The highest BCUT2D eigenvalue weighted by Crippen LogP contribution is 2.41. The summed E-state index contributed by atoms with van der Waals surface area (Å²) in [5.41, 5.74) is 1.02. The number of nitrogens with zero attached hydrogens (tertiary/aromatic N) is 1. The van der Waals surface area contributed by atoms with Crippen molar-refractivity contribution in [3.63, 3.8) is 0 Å². The van der Waals surface area contributed by atoms with E-state index in [-0.39, 0.29) is 24.5 Å². The van der Waals surface area contributed by atoms with Crippen molar-refractivity contribution in [2.24, 2.45) is 5.92 Å². The van der Waals surface area contributed by atoms with Crippen LogP contribution in [0.4, 0.5) is 0 Å². The van der Waals surface area contributed by atoms with E-state index in [1.165, 1.54) is 26.2 Å². The van der Waals surface area contributed by atoms with Crippen LogP contribution in [-0.2, 0) is 14.3 Å². The van der Waals surface area contributed by atoms with Crippen molar-refractivity contribution >= 4 is 17.4 Å². The first-order valence-corrected chi connectivity index (χ1v) is 11.0. The lowest BCUT2D eigenvalue weighted by molar-refractivity contribution is -0.140. The molecule has 2 aromatic rings. The highest BCUT2D eigenvalue weighted by atomic mass is 16.5. The van der Waals surface area contributed by atoms with E-state index in [9.17, 15) is 14.7 Å². The van der Waals surface area contributed by atoms with Crippen molar-refractivity contribution in [1.82, 2.24) is 4.90 Å². The number of carbonyl (C=O) groups is 2. The fourth-order valence-electron chi connectivity index (χ4n) is 3.80. The average molecular weight is 470 g/mol. The van der Waals surface area contributed by atoms with Crippen molar-refractivity contribution in [1.29, 1.82) is 0 Å². The number of Topliss-reactive ketones (excluding diaryl/α,β-unsaturated/α-hetero) is 1. The molecule has 1 aliphatic heterocycles. The summed E-state index contributed by atoms with van der Waals surface area (Å²) in [6, 6.07) is 11.1. The molecule has 1 fully saturated rings. The van der Waals surface area contributed by atoms with Gasteiger partial charge in [0.2, 0.25) is 0 Å². The Kier molecular flexibility index (Phi) is 8.17. The van der Waals surface area contributed by atoms with Gasteiger partial charge in [-0.25, -0.2) is 0 Å². The van der Waals surface area contributed by atoms with E-state index in [4.69, 9.17) is 18.9 Å². The summed E-state index contributed by atoms with van der Waals surface area (Å²) in [6.45, 7) is 5.08. The van der Waals surface area contributed by atoms with E-state index in [0.29, 0.717) is 40.9 Å². The van der Waals surface area contributed by atoms with Crippen LogP contribution in [0.5, 0.6) is 17.2 Å². The second-order valence-corrected chi connectivity index (χ2v) is 8.33. The third kappa shape index (κ3) is 5.17. The lowest BCUT2D eigenvalue weighted by atomic mass is 9.95. The Morgan fingerprint density at radius 3 is 2.26 bits per heavy atom. The second-order valence-electron chi connectivity index (χ2n) is 8.33. The Morgan fingerprint density at radius 2 is 1.68 bits per heavy atom. The number of ether oxygens (including phenoxy) is 4. The number of rotatable bonds is 10. The Morgan fingerprint density at radius 1 is 1.00 bits per heavy atom. The van der Waals surface area contributed by atoms with E-state index in [2.05, 4.69) is 13.8 Å². The van der Waals surface area contributed by atoms with Gasteiger partial charge in [-0.1, -0.05) is 19.9 Å². The van der Waals surface area contributed by atoms with Gasteiger partial charge in [0.1, 0.15) is 11.5 Å². The number of ketones is 1. The van der Waals surface area contributed by atoms with Gasteiger partial charge in [0, 0.05) is 19.2 Å². The molecule has 0 bridgehead atoms. The van der Waals surface area contributed by atoms with E-state index in [1.807, 2.05) is 0 Å². The van der Waals surface area contributed by atoms with Crippen molar-refractivity contribution < 1.29 is 33.6 Å². The Labute approximate surface area is 199 Å². The number of hydrogen-bond acceptors (Lipinski definition) is 7. The van der Waals surface area contributed by atoms with Crippen LogP contribution in [0.1, 0.15) is 31.0 Å². The third-order valence-electron chi connectivity index (χ3n) is 5.51. The minimum Gasteiger partial charge on any atom is -0.507 e. The molecule has 2 aromatic carbocycles. The van der Waals surface area contributed by atoms with Crippen LogP contribution in [0.25, 0.3) is 5.76 Å². The SMILES string of the molecule is COCCN1C(=O)C(=O)/C(=C(\O)c2ccc(OCC(C)C)cc2)C1c1ccc(OC)c(OC)c1. The smallest absolute Gasteiger partial charge is 0.295 e. The third-order valence-corrected chi connectivity index (χ3v) is 5.51. The first-order chi connectivity index (χ1) is 16.3. The molecule has 34 heavy (non-hydrogen) atoms. The van der Waals surface area contributed by atoms with Crippen LogP contribution in [-0.4, -0.2) is 62.8 Å². The number of methoxy groups -OCH3 is 3. The van der Waals surface area contributed by atoms with Crippen LogP contribution >= 0.6 is 0 Å². The molecular formula is C26H31NO7. The first-order valence-electron chi connectivity index (χ1n) is 11.0. The van der Waals surface area contributed by atoms with Gasteiger partial charge < -0.3 is 29.0 Å². The van der Waals surface area contributed by atoms with Crippen LogP contribution in [0, 0.1) is 5.92 Å². The molecule has 1 saturated heterocycles. The molecule has 3 rings (SSSR count). The molecule has 0 radical (unpaired) electrons. The molecule has 8 nitrogen and oxygen atoms in total. The predicted octanol–water partition coefficient (Wildman–Crippen LogP) is 3.81. The molecule has 0 saturated carbocycles. The van der Waals surface area contributed by atoms with E-state index >= 15 is 0 Å². The molecular weight excluding hydrogens is 438 g/mol. The van der Waals surface area contributed by atoms with E-state index in [0.717, 1.165) is 0 Å². The van der Waals surface area contributed by atoms with Gasteiger partial charge in [-0.15, -0.1) is 0 Å². The molecule has 1 aliphatic rings. The molecule has 8 heteroatoms. The second kappa shape index (κ2) is 11.1. The lowest BCUT2D eigenvalue weighted by Crippen LogP contribution is -2.32. The largest absolute Gasteiger partial charge is 0.507 e. The fourth-order valence-corrected chi connectivity index (χ4v) is 3.80. The molecule has 0 spiro atoms. The summed E-state index contributed by atoms with van der Waals surface area (Å²) in [5, 5.41) is 11.2. The average Bonchev–Trinajstić information content (AvgIpc) is 3.10. The summed E-state index contributed by atoms with van der Waals surface area (Å²) in [6.07, 6.45) is 0. The number of hydrogen-bond donors (Lipinski definition) is 1. The van der Waals surface area contributed by atoms with Gasteiger partial charge >= 0.3 is 0 Å². The molecule has 1 heterocycles. The number of likely N-dealkylation sites (tertiary alicyclic amines) is 1. The van der Waals surface area contributed by atoms with Crippen LogP contribution in [0.3, 0.4) is 0 Å². The lowest BCUT2D eigenvalue weighted by Gasteiger charge is -2.25. The zero-order valence-electron chi connectivity index (χ0n) is 20.2. The topological polar surface area (TPSA) is 94.5 Å². The molecule has 1 N–H and O–H groups in total. The summed E-state index contributed by atoms with van der Waals surface area (Å²) < 4.78 is 21.6. The Hall–Kier alpha value is -3.52. The number of aliphatic hydroxyl groups excluding tert-OH is 1. The molecule has 0 aliphatic carbocycles. The van der Waals surface area contributed by atoms with Gasteiger partial charge in [-0.2, -0.15) is 0 Å². The number of benzene rings is 2. The summed E-state index contributed by atoms with van der Waals surface area (Å²) >= 11 is 0. The van der Waals surface area contributed by atoms with Crippen LogP contribution in [0.15, 0.2) is 48.0 Å². The zero-order chi connectivity index (χ0) is 24.8. The molecule has 182 valence electrons. The Balaban J connectivity index is 2.07. The normalized spacial score (nSPS) is 17.4. The summed E-state index contributed by atoms with van der Waals surface area (Å²) in [7, 11) is 4.55. The zero-order valence-corrected chi connectivity index (χ0v) is 20.2. The van der Waals surface area contributed by atoms with Crippen molar-refractivity contribution in [2.45, 2.75) is 19.9 Å². The number of carbonyl (C=O) groups excluding carboxylic acids is 2. The summed E-state index contributed by atoms with van der Waals surface area (Å²) in [4.78, 5) is 27.4. The maximum absolute atomic E-state index is 13.1. The van der Waals surface area contributed by atoms with Crippen LogP contribution in [0.2, 0.25) is 0 Å². The fraction of sp³-hybridized carbons (Fsp3) is 0.385. The van der Waals surface area contributed by atoms with E-state index < -0.39 is 17.7 Å². The van der Waals surface area contributed by atoms with Crippen molar-refractivity contribution in [3.8, 4) is 17.2 Å². The van der Waals surface area contributed by atoms with Gasteiger partial charge in [-0.05, 0) is 47.9 Å².